The van der Waals surface area contributed by atoms with E-state index in [2.05, 4.69) is 11.0 Å². The number of ether oxygens (including phenoxy) is 3. The number of amides is 1. The summed E-state index contributed by atoms with van der Waals surface area (Å²) in [6.07, 6.45) is -1.25. The van der Waals surface area contributed by atoms with Gasteiger partial charge in [-0.1, -0.05) is 18.2 Å². The lowest BCUT2D eigenvalue weighted by Crippen LogP contribution is -2.46. The maximum absolute atomic E-state index is 13.4. The number of fused-ring (bicyclic) bond motifs is 2. The monoisotopic (exact) mass is 539 g/mol. The summed E-state index contributed by atoms with van der Waals surface area (Å²) in [4.78, 5) is 17.5. The number of hydrogen-bond acceptors (Lipinski definition) is 8. The van der Waals surface area contributed by atoms with E-state index in [1.165, 1.54) is 16.4 Å². The van der Waals surface area contributed by atoms with Crippen molar-refractivity contribution in [3.63, 3.8) is 0 Å². The average Bonchev–Trinajstić information content (AvgIpc) is 3.60. The third kappa shape index (κ3) is 3.92. The molecule has 5 aliphatic rings. The minimum atomic E-state index is -3.74. The van der Waals surface area contributed by atoms with Crippen LogP contribution in [0.1, 0.15) is 22.8 Å². The summed E-state index contributed by atoms with van der Waals surface area (Å²) in [7, 11) is -3.74. The van der Waals surface area contributed by atoms with Gasteiger partial charge >= 0.3 is 0 Å². The van der Waals surface area contributed by atoms with Gasteiger partial charge in [0.2, 0.25) is 10.0 Å². The number of sulfonamides is 1. The molecule has 1 fully saturated rings. The summed E-state index contributed by atoms with van der Waals surface area (Å²) in [6, 6.07) is 10.8. The van der Waals surface area contributed by atoms with Crippen LogP contribution in [0.15, 0.2) is 52.4 Å². The zero-order valence-corrected chi connectivity index (χ0v) is 21.7. The molecule has 0 radical (unpaired) electrons. The molecule has 5 aliphatic heterocycles. The van der Waals surface area contributed by atoms with Crippen molar-refractivity contribution in [3.8, 4) is 11.5 Å². The van der Waals surface area contributed by atoms with Crippen molar-refractivity contribution in [2.75, 3.05) is 52.6 Å². The fraction of sp³-hybridized carbons (Fsp3) is 0.444. The Labute approximate surface area is 221 Å². The van der Waals surface area contributed by atoms with Crippen LogP contribution in [0.25, 0.3) is 0 Å². The van der Waals surface area contributed by atoms with Gasteiger partial charge in [0, 0.05) is 45.3 Å². The highest BCUT2D eigenvalue weighted by Crippen LogP contribution is 2.37. The fourth-order valence-corrected chi connectivity index (χ4v) is 7.38. The number of carbonyl (C=O) groups excluding carboxylic acids is 1. The Kier molecular flexibility index (Phi) is 5.75. The van der Waals surface area contributed by atoms with Crippen molar-refractivity contribution < 1.29 is 32.5 Å². The standard InChI is InChI=1S/C27H29N3O7S/c31-26(22-3-1-2-17-9-28(14-23(17)22)20-15-35-16-20)27(32)29-10-18-12-30(13-19(18)11-29)38(33,34)21-4-5-24-25(8-21)37-7-6-36-24/h1-5,8,20,26,31H,6-7,9-16H2. The van der Waals surface area contributed by atoms with Crippen LogP contribution in [-0.4, -0.2) is 92.2 Å². The first-order valence-corrected chi connectivity index (χ1v) is 14.3. The predicted molar refractivity (Wildman–Crippen MR) is 135 cm³/mol. The second-order valence-corrected chi connectivity index (χ2v) is 12.4. The van der Waals surface area contributed by atoms with E-state index in [0.717, 1.165) is 42.0 Å². The molecule has 2 aromatic rings. The first kappa shape index (κ1) is 24.1. The average molecular weight is 540 g/mol. The van der Waals surface area contributed by atoms with Crippen LogP contribution in [0.5, 0.6) is 11.5 Å². The van der Waals surface area contributed by atoms with Crippen molar-refractivity contribution in [2.24, 2.45) is 0 Å². The number of rotatable bonds is 5. The lowest BCUT2D eigenvalue weighted by atomic mass is 9.98. The maximum atomic E-state index is 13.4. The molecule has 38 heavy (non-hydrogen) atoms. The van der Waals surface area contributed by atoms with E-state index >= 15 is 0 Å². The number of hydrogen-bond donors (Lipinski definition) is 1. The molecular formula is C27H29N3O7S. The lowest BCUT2D eigenvalue weighted by Gasteiger charge is -2.34. The summed E-state index contributed by atoms with van der Waals surface area (Å²) >= 11 is 0. The van der Waals surface area contributed by atoms with Crippen LogP contribution >= 0.6 is 0 Å². The van der Waals surface area contributed by atoms with Crippen molar-refractivity contribution in [3.05, 3.63) is 64.2 Å². The summed E-state index contributed by atoms with van der Waals surface area (Å²) in [5.74, 6) is 0.623. The molecule has 1 amide bonds. The van der Waals surface area contributed by atoms with E-state index in [0.29, 0.717) is 56.0 Å². The van der Waals surface area contributed by atoms with Crippen LogP contribution in [0.4, 0.5) is 0 Å². The highest BCUT2D eigenvalue weighted by Gasteiger charge is 2.40. The third-order valence-electron chi connectivity index (χ3n) is 8.17. The Balaban J connectivity index is 1.02. The molecule has 11 heteroatoms. The zero-order chi connectivity index (χ0) is 26.0. The molecule has 0 spiro atoms. The van der Waals surface area contributed by atoms with Crippen LogP contribution in [0, 0.1) is 0 Å². The molecular weight excluding hydrogens is 510 g/mol. The van der Waals surface area contributed by atoms with Gasteiger partial charge in [-0.05, 0) is 40.0 Å². The first-order chi connectivity index (χ1) is 18.4. The number of aliphatic hydroxyl groups is 1. The van der Waals surface area contributed by atoms with E-state index in [9.17, 15) is 18.3 Å². The van der Waals surface area contributed by atoms with Gasteiger partial charge in [-0.15, -0.1) is 0 Å². The van der Waals surface area contributed by atoms with Crippen LogP contribution in [-0.2, 0) is 32.6 Å². The quantitative estimate of drug-likeness (QED) is 0.562. The Bertz CT molecular complexity index is 1430. The number of aliphatic hydroxyl groups excluding tert-OH is 1. The van der Waals surface area contributed by atoms with Gasteiger partial charge in [-0.25, -0.2) is 8.42 Å². The van der Waals surface area contributed by atoms with E-state index in [-0.39, 0.29) is 23.9 Å². The number of benzene rings is 2. The fourth-order valence-electron chi connectivity index (χ4n) is 5.93. The third-order valence-corrected chi connectivity index (χ3v) is 9.96. The molecule has 1 saturated heterocycles. The van der Waals surface area contributed by atoms with E-state index in [4.69, 9.17) is 14.2 Å². The summed E-state index contributed by atoms with van der Waals surface area (Å²) in [6.45, 7) is 4.84. The number of nitrogens with zero attached hydrogens (tertiary/aromatic N) is 3. The van der Waals surface area contributed by atoms with Gasteiger partial charge in [0.1, 0.15) is 13.2 Å². The van der Waals surface area contributed by atoms with E-state index in [1.54, 1.807) is 11.0 Å². The Morgan fingerprint density at radius 2 is 1.66 bits per heavy atom. The van der Waals surface area contributed by atoms with Crippen LogP contribution < -0.4 is 9.47 Å². The van der Waals surface area contributed by atoms with E-state index < -0.39 is 16.1 Å². The van der Waals surface area contributed by atoms with E-state index in [1.807, 2.05) is 12.1 Å². The van der Waals surface area contributed by atoms with Crippen LogP contribution in [0.2, 0.25) is 0 Å². The molecule has 0 aliphatic carbocycles. The van der Waals surface area contributed by atoms with Crippen molar-refractivity contribution in [1.82, 2.24) is 14.1 Å². The molecule has 1 atom stereocenters. The van der Waals surface area contributed by atoms with Gasteiger partial charge in [-0.3, -0.25) is 9.69 Å². The van der Waals surface area contributed by atoms with Crippen molar-refractivity contribution >= 4 is 15.9 Å². The minimum absolute atomic E-state index is 0.159. The van der Waals surface area contributed by atoms with Gasteiger partial charge in [0.15, 0.2) is 17.6 Å². The molecule has 7 rings (SSSR count). The molecule has 2 aromatic carbocycles. The Hall–Kier alpha value is -2.96. The molecule has 1 unspecified atom stereocenters. The molecule has 5 heterocycles. The molecule has 0 saturated carbocycles. The summed E-state index contributed by atoms with van der Waals surface area (Å²) in [5.41, 5.74) is 4.66. The SMILES string of the molecule is O=C(C(O)c1cccc2c1CN(C1COC1)C2)N1CC2=C(C1)CN(S(=O)(=O)c1ccc3c(c1)OCCO3)C2. The smallest absolute Gasteiger partial charge is 0.256 e. The highest BCUT2D eigenvalue weighted by molar-refractivity contribution is 7.89. The molecule has 200 valence electrons. The summed E-state index contributed by atoms with van der Waals surface area (Å²) in [5, 5.41) is 11.1. The topological polar surface area (TPSA) is 109 Å². The van der Waals surface area contributed by atoms with Gasteiger partial charge in [0.05, 0.1) is 24.2 Å². The number of carbonyl (C=O) groups is 1. The Morgan fingerprint density at radius 1 is 0.921 bits per heavy atom. The highest BCUT2D eigenvalue weighted by atomic mass is 32.2. The second kappa shape index (κ2) is 9.06. The first-order valence-electron chi connectivity index (χ1n) is 12.9. The normalized spacial score (nSPS) is 22.4. The molecule has 10 nitrogen and oxygen atoms in total. The van der Waals surface area contributed by atoms with Crippen molar-refractivity contribution in [1.29, 1.82) is 0 Å². The molecule has 0 aromatic heterocycles. The largest absolute Gasteiger partial charge is 0.486 e. The van der Waals surface area contributed by atoms with Gasteiger partial charge in [0.25, 0.3) is 5.91 Å². The van der Waals surface area contributed by atoms with Crippen LogP contribution in [0.3, 0.4) is 0 Å². The van der Waals surface area contributed by atoms with Crippen molar-refractivity contribution in [2.45, 2.75) is 30.1 Å². The van der Waals surface area contributed by atoms with Gasteiger partial charge < -0.3 is 24.2 Å². The molecule has 0 bridgehead atoms. The second-order valence-electron chi connectivity index (χ2n) is 10.5. The zero-order valence-electron chi connectivity index (χ0n) is 20.8. The lowest BCUT2D eigenvalue weighted by molar-refractivity contribution is -0.139. The summed E-state index contributed by atoms with van der Waals surface area (Å²) < 4.78 is 44.5. The minimum Gasteiger partial charge on any atom is -0.486 e. The maximum Gasteiger partial charge on any atom is 0.256 e. The predicted octanol–water partition coefficient (Wildman–Crippen LogP) is 1.05. The molecule has 1 N–H and O–H groups in total. The Morgan fingerprint density at radius 3 is 2.37 bits per heavy atom. The van der Waals surface area contributed by atoms with Gasteiger partial charge in [-0.2, -0.15) is 4.31 Å².